The van der Waals surface area contributed by atoms with Crippen LogP contribution in [0.25, 0.3) is 6.08 Å². The van der Waals surface area contributed by atoms with E-state index >= 15 is 0 Å². The molecule has 1 amide bonds. The molecule has 3 aliphatic rings. The maximum absolute atomic E-state index is 14.9. The number of Topliss-reactive ketones (excluding diaryl/α,β-unsaturated/α-hetero) is 2. The number of nitrogens with one attached hydrogen (secondary N) is 1. The van der Waals surface area contributed by atoms with E-state index in [0.717, 1.165) is 11.1 Å². The molecule has 1 saturated heterocycles. The zero-order chi connectivity index (χ0) is 30.6. The smallest absolute Gasteiger partial charge is 0.238 e. The molecule has 7 rings (SSSR count). The minimum Gasteiger partial charge on any atom is -0.490 e. The first-order valence-corrected chi connectivity index (χ1v) is 14.9. The van der Waals surface area contributed by atoms with Gasteiger partial charge in [-0.25, -0.2) is 0 Å². The highest BCUT2D eigenvalue weighted by molar-refractivity contribution is 6.37. The average molecular weight is 622 g/mol. The molecule has 6 nitrogen and oxygen atoms in total. The Morgan fingerprint density at radius 1 is 0.955 bits per heavy atom. The van der Waals surface area contributed by atoms with E-state index in [0.29, 0.717) is 34.2 Å². The number of ether oxygens (including phenoxy) is 1. The molecule has 3 heterocycles. The molecule has 1 spiro atoms. The topological polar surface area (TPSA) is 75.7 Å². The molecule has 3 aliphatic heterocycles. The van der Waals surface area contributed by atoms with Crippen LogP contribution >= 0.6 is 23.2 Å². The van der Waals surface area contributed by atoms with Crippen LogP contribution in [-0.4, -0.2) is 35.0 Å². The lowest BCUT2D eigenvalue weighted by atomic mass is 9.62. The highest BCUT2D eigenvalue weighted by atomic mass is 35.5. The van der Waals surface area contributed by atoms with E-state index in [1.54, 1.807) is 42.5 Å². The Morgan fingerprint density at radius 2 is 1.70 bits per heavy atom. The zero-order valence-electron chi connectivity index (χ0n) is 23.4. The summed E-state index contributed by atoms with van der Waals surface area (Å²) in [5, 5.41) is 3.61. The maximum Gasteiger partial charge on any atom is 0.238 e. The highest BCUT2D eigenvalue weighted by Gasteiger charge is 2.70. The van der Waals surface area contributed by atoms with Gasteiger partial charge < -0.3 is 15.0 Å². The Kier molecular flexibility index (Phi) is 6.91. The molecule has 4 aromatic carbocycles. The second kappa shape index (κ2) is 10.8. The third-order valence-corrected chi connectivity index (χ3v) is 9.37. The standard InChI is InChI=1S/C36H26Cl2N2O4/c1-2-19-44-24-14-11-22(12-15-24)32(41)30-31(33(42)26-16-13-23(37)20-28(26)38)40-18-17-21-7-3-4-8-25(21)34(40)36(30)27-9-5-6-10-29(27)39-35(36)43/h2-18,20,30-31,34H,1,19H2,(H,39,43). The van der Waals surface area contributed by atoms with Crippen molar-refractivity contribution in [2.24, 2.45) is 5.92 Å². The van der Waals surface area contributed by atoms with Gasteiger partial charge in [-0.3, -0.25) is 14.4 Å². The fourth-order valence-corrected chi connectivity index (χ4v) is 7.57. The lowest BCUT2D eigenvalue weighted by Gasteiger charge is -2.38. The lowest BCUT2D eigenvalue weighted by molar-refractivity contribution is -0.122. The van der Waals surface area contributed by atoms with E-state index in [-0.39, 0.29) is 28.1 Å². The summed E-state index contributed by atoms with van der Waals surface area (Å²) >= 11 is 12.8. The van der Waals surface area contributed by atoms with E-state index in [9.17, 15) is 14.4 Å². The van der Waals surface area contributed by atoms with Crippen LogP contribution in [0.15, 0.2) is 110 Å². The molecule has 1 fully saturated rings. The van der Waals surface area contributed by atoms with Crippen LogP contribution in [0.5, 0.6) is 5.75 Å². The maximum atomic E-state index is 14.9. The summed E-state index contributed by atoms with van der Waals surface area (Å²) in [6.45, 7) is 3.99. The minimum atomic E-state index is -1.44. The van der Waals surface area contributed by atoms with Gasteiger partial charge in [-0.2, -0.15) is 0 Å². The number of rotatable bonds is 7. The quantitative estimate of drug-likeness (QED) is 0.171. The van der Waals surface area contributed by atoms with Gasteiger partial charge in [-0.1, -0.05) is 78.3 Å². The summed E-state index contributed by atoms with van der Waals surface area (Å²) in [6.07, 6.45) is 5.38. The van der Waals surface area contributed by atoms with Gasteiger partial charge in [0.15, 0.2) is 11.6 Å². The second-order valence-corrected chi connectivity index (χ2v) is 11.9. The molecule has 8 heteroatoms. The largest absolute Gasteiger partial charge is 0.490 e. The van der Waals surface area contributed by atoms with Gasteiger partial charge in [0.05, 0.1) is 17.0 Å². The van der Waals surface area contributed by atoms with E-state index < -0.39 is 23.4 Å². The minimum absolute atomic E-state index is 0.174. The van der Waals surface area contributed by atoms with Gasteiger partial charge in [0, 0.05) is 28.0 Å². The summed E-state index contributed by atoms with van der Waals surface area (Å²) in [5.41, 5.74) is 2.20. The number of anilines is 1. The van der Waals surface area contributed by atoms with Gasteiger partial charge >= 0.3 is 0 Å². The molecule has 0 saturated carbocycles. The van der Waals surface area contributed by atoms with Gasteiger partial charge in [0.2, 0.25) is 5.91 Å². The van der Waals surface area contributed by atoms with E-state index in [1.807, 2.05) is 65.7 Å². The van der Waals surface area contributed by atoms with Gasteiger partial charge in [-0.05, 0) is 71.3 Å². The van der Waals surface area contributed by atoms with Crippen molar-refractivity contribution in [3.05, 3.63) is 148 Å². The molecule has 0 radical (unpaired) electrons. The fourth-order valence-electron chi connectivity index (χ4n) is 7.07. The number of fused-ring (bicyclic) bond motifs is 6. The predicted molar refractivity (Wildman–Crippen MR) is 171 cm³/mol. The summed E-state index contributed by atoms with van der Waals surface area (Å²) in [4.78, 5) is 46.1. The van der Waals surface area contributed by atoms with Gasteiger partial charge in [0.25, 0.3) is 0 Å². The van der Waals surface area contributed by atoms with Crippen molar-refractivity contribution in [3.8, 4) is 5.75 Å². The number of carbonyl (C=O) groups excluding carboxylic acids is 3. The number of amides is 1. The fraction of sp³-hybridized carbons (Fsp3) is 0.139. The number of carbonyl (C=O) groups is 3. The Bertz CT molecular complexity index is 1890. The van der Waals surface area contributed by atoms with Crippen LogP contribution in [0.2, 0.25) is 10.0 Å². The van der Waals surface area contributed by atoms with Crippen molar-refractivity contribution in [1.29, 1.82) is 0 Å². The average Bonchev–Trinajstić information content (AvgIpc) is 3.51. The Morgan fingerprint density at radius 3 is 2.48 bits per heavy atom. The first-order valence-electron chi connectivity index (χ1n) is 14.2. The summed E-state index contributed by atoms with van der Waals surface area (Å²) < 4.78 is 5.64. The lowest BCUT2D eigenvalue weighted by Crippen LogP contribution is -2.49. The number of benzene rings is 4. The van der Waals surface area contributed by atoms with Crippen molar-refractivity contribution in [2.75, 3.05) is 11.9 Å². The highest BCUT2D eigenvalue weighted by Crippen LogP contribution is 2.62. The number of hydrogen-bond donors (Lipinski definition) is 1. The molecule has 4 unspecified atom stereocenters. The molecule has 44 heavy (non-hydrogen) atoms. The molecule has 0 bridgehead atoms. The summed E-state index contributed by atoms with van der Waals surface area (Å²) in [5.74, 6) is -1.59. The third-order valence-electron chi connectivity index (χ3n) is 8.82. The number of para-hydroxylation sites is 1. The van der Waals surface area contributed by atoms with Crippen molar-refractivity contribution in [3.63, 3.8) is 0 Å². The van der Waals surface area contributed by atoms with Crippen molar-refractivity contribution < 1.29 is 19.1 Å². The Hall–Kier alpha value is -4.65. The van der Waals surface area contributed by atoms with Crippen LogP contribution in [0.4, 0.5) is 5.69 Å². The van der Waals surface area contributed by atoms with E-state index in [4.69, 9.17) is 27.9 Å². The Balaban J connectivity index is 1.49. The molecule has 0 aliphatic carbocycles. The van der Waals surface area contributed by atoms with E-state index in [1.165, 1.54) is 6.07 Å². The van der Waals surface area contributed by atoms with Crippen LogP contribution in [-0.2, 0) is 10.2 Å². The Labute approximate surface area is 264 Å². The van der Waals surface area contributed by atoms with Crippen LogP contribution in [0.1, 0.15) is 43.4 Å². The first-order chi connectivity index (χ1) is 21.4. The first kappa shape index (κ1) is 28.1. The van der Waals surface area contributed by atoms with Crippen molar-refractivity contribution >= 4 is 52.4 Å². The normalized spacial score (nSPS) is 22.6. The number of nitrogens with zero attached hydrogens (tertiary/aromatic N) is 1. The SMILES string of the molecule is C=CCOc1ccc(C(=O)C2C(C(=O)c3ccc(Cl)cc3Cl)N3C=Cc4ccccc4C3C23C(=O)Nc2ccccc23)cc1. The molecule has 1 N–H and O–H groups in total. The molecule has 4 atom stereocenters. The number of hydrogen-bond acceptors (Lipinski definition) is 5. The zero-order valence-corrected chi connectivity index (χ0v) is 24.9. The van der Waals surface area contributed by atoms with Crippen LogP contribution in [0, 0.1) is 5.92 Å². The van der Waals surface area contributed by atoms with Crippen LogP contribution in [0.3, 0.4) is 0 Å². The number of ketones is 2. The molecule has 218 valence electrons. The summed E-state index contributed by atoms with van der Waals surface area (Å²) in [6, 6.07) is 24.9. The molecular weight excluding hydrogens is 595 g/mol. The molecule has 0 aromatic heterocycles. The van der Waals surface area contributed by atoms with Gasteiger partial charge in [0.1, 0.15) is 23.8 Å². The van der Waals surface area contributed by atoms with Gasteiger partial charge in [-0.15, -0.1) is 0 Å². The van der Waals surface area contributed by atoms with Crippen molar-refractivity contribution in [2.45, 2.75) is 17.5 Å². The second-order valence-electron chi connectivity index (χ2n) is 11.1. The monoisotopic (exact) mass is 620 g/mol. The molecule has 4 aromatic rings. The third kappa shape index (κ3) is 4.13. The summed E-state index contributed by atoms with van der Waals surface area (Å²) in [7, 11) is 0. The molecular formula is C36H26Cl2N2O4. The predicted octanol–water partition coefficient (Wildman–Crippen LogP) is 7.54. The van der Waals surface area contributed by atoms with E-state index in [2.05, 4.69) is 11.9 Å². The van der Waals surface area contributed by atoms with Crippen LogP contribution < -0.4 is 10.1 Å². The van der Waals surface area contributed by atoms with Crippen molar-refractivity contribution in [1.82, 2.24) is 4.90 Å². The number of halogens is 2.